The Morgan fingerprint density at radius 3 is 2.45 bits per heavy atom. The summed E-state index contributed by atoms with van der Waals surface area (Å²) in [5.74, 6) is -1.14. The molecule has 0 spiro atoms. The first kappa shape index (κ1) is 15.2. The molecule has 0 unspecified atom stereocenters. The molecule has 0 bridgehead atoms. The van der Waals surface area contributed by atoms with Crippen molar-refractivity contribution < 1.29 is 24.9 Å². The van der Waals surface area contributed by atoms with Gasteiger partial charge in [0.2, 0.25) is 0 Å². The lowest BCUT2D eigenvalue weighted by Gasteiger charge is -2.06. The molecule has 0 aromatic heterocycles. The number of carbonyl (C=O) groups is 1. The summed E-state index contributed by atoms with van der Waals surface area (Å²) in [5.41, 5.74) is 2.52. The summed E-state index contributed by atoms with van der Waals surface area (Å²) >= 11 is 0. The number of hydrogen-bond donors (Lipinski definition) is 4. The standard InChI is InChI=1S/C15H14N2O5/c1-22-14-5-3-2-4-10(14)15(21)17-16-8-11-12(19)6-9(18)7-13(11)20/h2-8,18-20H,1H3,(H,17,21)/b16-8+. The topological polar surface area (TPSA) is 111 Å². The van der Waals surface area contributed by atoms with E-state index in [2.05, 4.69) is 10.5 Å². The summed E-state index contributed by atoms with van der Waals surface area (Å²) < 4.78 is 5.06. The lowest BCUT2D eigenvalue weighted by Crippen LogP contribution is -2.18. The Labute approximate surface area is 126 Å². The number of methoxy groups -OCH3 is 1. The number of phenols is 3. The number of hydrogen-bond acceptors (Lipinski definition) is 6. The molecule has 0 saturated carbocycles. The van der Waals surface area contributed by atoms with E-state index in [9.17, 15) is 20.1 Å². The van der Waals surface area contributed by atoms with Crippen LogP contribution in [0.25, 0.3) is 0 Å². The minimum Gasteiger partial charge on any atom is -0.508 e. The Balaban J connectivity index is 2.15. The van der Waals surface area contributed by atoms with E-state index in [4.69, 9.17) is 4.74 Å². The number of nitrogens with zero attached hydrogens (tertiary/aromatic N) is 1. The van der Waals surface area contributed by atoms with E-state index in [1.807, 2.05) is 0 Å². The van der Waals surface area contributed by atoms with E-state index in [0.29, 0.717) is 11.3 Å². The van der Waals surface area contributed by atoms with E-state index >= 15 is 0 Å². The maximum Gasteiger partial charge on any atom is 0.275 e. The van der Waals surface area contributed by atoms with Crippen molar-refractivity contribution in [2.24, 2.45) is 5.10 Å². The van der Waals surface area contributed by atoms with Crippen molar-refractivity contribution >= 4 is 12.1 Å². The molecular formula is C15H14N2O5. The van der Waals surface area contributed by atoms with Crippen LogP contribution in [0.2, 0.25) is 0 Å². The molecule has 7 nitrogen and oxygen atoms in total. The maximum absolute atomic E-state index is 12.0. The molecule has 0 aliphatic carbocycles. The van der Waals surface area contributed by atoms with Gasteiger partial charge in [0.1, 0.15) is 23.0 Å². The smallest absolute Gasteiger partial charge is 0.275 e. The minimum atomic E-state index is -0.508. The van der Waals surface area contributed by atoms with Crippen molar-refractivity contribution in [2.45, 2.75) is 0 Å². The van der Waals surface area contributed by atoms with Crippen LogP contribution in [0.3, 0.4) is 0 Å². The lowest BCUT2D eigenvalue weighted by atomic mass is 10.2. The number of phenolic OH excluding ortho intramolecular Hbond substituents is 3. The van der Waals surface area contributed by atoms with Crippen LogP contribution in [0.15, 0.2) is 41.5 Å². The molecule has 4 N–H and O–H groups in total. The molecule has 7 heteroatoms. The molecule has 2 aromatic carbocycles. The van der Waals surface area contributed by atoms with E-state index in [1.54, 1.807) is 24.3 Å². The van der Waals surface area contributed by atoms with Crippen LogP contribution < -0.4 is 10.2 Å². The number of aromatic hydroxyl groups is 3. The van der Waals surface area contributed by atoms with E-state index in [-0.39, 0.29) is 22.8 Å². The third-order valence-electron chi connectivity index (χ3n) is 2.83. The average molecular weight is 302 g/mol. The highest BCUT2D eigenvalue weighted by atomic mass is 16.5. The zero-order valence-electron chi connectivity index (χ0n) is 11.6. The van der Waals surface area contributed by atoms with Gasteiger partial charge in [-0.1, -0.05) is 12.1 Å². The first-order valence-corrected chi connectivity index (χ1v) is 6.24. The Bertz CT molecular complexity index is 705. The van der Waals surface area contributed by atoms with E-state index in [0.717, 1.165) is 18.3 Å². The molecule has 0 aliphatic rings. The first-order chi connectivity index (χ1) is 10.5. The van der Waals surface area contributed by atoms with Crippen LogP contribution in [-0.4, -0.2) is 34.6 Å². The SMILES string of the molecule is COc1ccccc1C(=O)N/N=C/c1c(O)cc(O)cc1O. The third-order valence-corrected chi connectivity index (χ3v) is 2.83. The second-order valence-corrected chi connectivity index (χ2v) is 4.30. The molecular weight excluding hydrogens is 288 g/mol. The predicted octanol–water partition coefficient (Wildman–Crippen LogP) is 1.58. The number of benzene rings is 2. The van der Waals surface area contributed by atoms with Crippen molar-refractivity contribution in [1.29, 1.82) is 0 Å². The number of para-hydroxylation sites is 1. The summed E-state index contributed by atoms with van der Waals surface area (Å²) in [5, 5.41) is 32.0. The molecule has 0 aliphatic heterocycles. The van der Waals surface area contributed by atoms with Gasteiger partial charge in [0.05, 0.1) is 24.5 Å². The Morgan fingerprint density at radius 2 is 1.82 bits per heavy atom. The molecule has 1 amide bonds. The summed E-state index contributed by atoms with van der Waals surface area (Å²) in [6.07, 6.45) is 1.07. The second kappa shape index (κ2) is 6.49. The van der Waals surface area contributed by atoms with Crippen LogP contribution in [0.4, 0.5) is 0 Å². The summed E-state index contributed by atoms with van der Waals surface area (Å²) in [6, 6.07) is 8.70. The summed E-state index contributed by atoms with van der Waals surface area (Å²) in [7, 11) is 1.45. The van der Waals surface area contributed by atoms with Gasteiger partial charge in [0.15, 0.2) is 0 Å². The molecule has 0 heterocycles. The van der Waals surface area contributed by atoms with Gasteiger partial charge < -0.3 is 20.1 Å². The number of amides is 1. The fraction of sp³-hybridized carbons (Fsp3) is 0.0667. The van der Waals surface area contributed by atoms with Gasteiger partial charge in [-0.25, -0.2) is 5.43 Å². The van der Waals surface area contributed by atoms with Crippen LogP contribution >= 0.6 is 0 Å². The Morgan fingerprint density at radius 1 is 1.18 bits per heavy atom. The largest absolute Gasteiger partial charge is 0.508 e. The number of nitrogens with one attached hydrogen (secondary N) is 1. The number of ether oxygens (including phenoxy) is 1. The summed E-state index contributed by atoms with van der Waals surface area (Å²) in [4.78, 5) is 12.0. The van der Waals surface area contributed by atoms with Crippen LogP contribution in [0.5, 0.6) is 23.0 Å². The molecule has 0 fully saturated rings. The van der Waals surface area contributed by atoms with Gasteiger partial charge >= 0.3 is 0 Å². The van der Waals surface area contributed by atoms with Crippen LogP contribution in [0.1, 0.15) is 15.9 Å². The third kappa shape index (κ3) is 3.26. The monoisotopic (exact) mass is 302 g/mol. The molecule has 0 atom stereocenters. The Kier molecular flexibility index (Phi) is 4.47. The maximum atomic E-state index is 12.0. The lowest BCUT2D eigenvalue weighted by molar-refractivity contribution is 0.0952. The molecule has 0 saturated heterocycles. The zero-order valence-corrected chi connectivity index (χ0v) is 11.6. The van der Waals surface area contributed by atoms with Crippen molar-refractivity contribution in [3.05, 3.63) is 47.5 Å². The van der Waals surface area contributed by atoms with Crippen molar-refractivity contribution in [3.63, 3.8) is 0 Å². The van der Waals surface area contributed by atoms with Crippen molar-refractivity contribution in [2.75, 3.05) is 7.11 Å². The quantitative estimate of drug-likeness (QED) is 0.506. The highest BCUT2D eigenvalue weighted by Gasteiger charge is 2.11. The zero-order chi connectivity index (χ0) is 16.1. The summed E-state index contributed by atoms with van der Waals surface area (Å²) in [6.45, 7) is 0. The second-order valence-electron chi connectivity index (χ2n) is 4.30. The van der Waals surface area contributed by atoms with Crippen molar-refractivity contribution in [3.8, 4) is 23.0 Å². The van der Waals surface area contributed by atoms with Gasteiger partial charge in [-0.05, 0) is 12.1 Å². The van der Waals surface area contributed by atoms with E-state index < -0.39 is 5.91 Å². The van der Waals surface area contributed by atoms with Gasteiger partial charge in [0.25, 0.3) is 5.91 Å². The van der Waals surface area contributed by atoms with Crippen molar-refractivity contribution in [1.82, 2.24) is 5.43 Å². The van der Waals surface area contributed by atoms with Crippen LogP contribution in [0, 0.1) is 0 Å². The number of hydrazone groups is 1. The predicted molar refractivity (Wildman–Crippen MR) is 79.5 cm³/mol. The van der Waals surface area contributed by atoms with Gasteiger partial charge in [-0.2, -0.15) is 5.10 Å². The number of carbonyl (C=O) groups excluding carboxylic acids is 1. The molecule has 2 rings (SSSR count). The van der Waals surface area contributed by atoms with Gasteiger partial charge in [-0.3, -0.25) is 4.79 Å². The molecule has 2 aromatic rings. The fourth-order valence-electron chi connectivity index (χ4n) is 1.79. The fourth-order valence-corrected chi connectivity index (χ4v) is 1.79. The number of rotatable bonds is 4. The molecule has 114 valence electrons. The Hall–Kier alpha value is -3.22. The highest BCUT2D eigenvalue weighted by molar-refractivity contribution is 5.97. The highest BCUT2D eigenvalue weighted by Crippen LogP contribution is 2.30. The minimum absolute atomic E-state index is 0.0295. The van der Waals surface area contributed by atoms with Crippen LogP contribution in [-0.2, 0) is 0 Å². The molecule has 0 radical (unpaired) electrons. The van der Waals surface area contributed by atoms with E-state index in [1.165, 1.54) is 7.11 Å². The van der Waals surface area contributed by atoms with Gasteiger partial charge in [-0.15, -0.1) is 0 Å². The molecule has 22 heavy (non-hydrogen) atoms. The normalized spacial score (nSPS) is 10.6. The first-order valence-electron chi connectivity index (χ1n) is 6.24. The average Bonchev–Trinajstić information content (AvgIpc) is 2.49. The van der Waals surface area contributed by atoms with Gasteiger partial charge in [0, 0.05) is 12.1 Å².